The molecule has 5 nitrogen and oxygen atoms in total. The number of nitrogen functional groups attached to an aromatic ring is 1. The van der Waals surface area contributed by atoms with Crippen molar-refractivity contribution in [3.63, 3.8) is 0 Å². The number of hydrogen-bond donors (Lipinski definition) is 2. The molecule has 0 amide bonds. The summed E-state index contributed by atoms with van der Waals surface area (Å²) in [6.45, 7) is 0. The van der Waals surface area contributed by atoms with Crippen molar-refractivity contribution in [3.05, 3.63) is 24.3 Å². The van der Waals surface area contributed by atoms with Crippen molar-refractivity contribution in [1.29, 1.82) is 0 Å². The van der Waals surface area contributed by atoms with E-state index < -0.39 is 0 Å². The SMILES string of the molecule is COc1ccc(-c2cc(N)n[nH]2)cc1OC1CCSC1. The summed E-state index contributed by atoms with van der Waals surface area (Å²) in [7, 11) is 1.65. The number of benzene rings is 1. The minimum absolute atomic E-state index is 0.260. The van der Waals surface area contributed by atoms with Gasteiger partial charge in [0, 0.05) is 17.4 Å². The lowest BCUT2D eigenvalue weighted by Crippen LogP contribution is -2.15. The van der Waals surface area contributed by atoms with E-state index in [-0.39, 0.29) is 6.10 Å². The first kappa shape index (κ1) is 13.2. The fraction of sp³-hybridized carbons (Fsp3) is 0.357. The molecule has 1 fully saturated rings. The molecule has 0 saturated carbocycles. The van der Waals surface area contributed by atoms with E-state index in [9.17, 15) is 0 Å². The second kappa shape index (κ2) is 5.66. The van der Waals surface area contributed by atoms with E-state index in [1.807, 2.05) is 30.0 Å². The molecule has 106 valence electrons. The van der Waals surface area contributed by atoms with Crippen LogP contribution in [-0.4, -0.2) is 34.9 Å². The van der Waals surface area contributed by atoms with Crippen LogP contribution in [-0.2, 0) is 0 Å². The van der Waals surface area contributed by atoms with Crippen LogP contribution in [0.15, 0.2) is 24.3 Å². The standard InChI is InChI=1S/C14H17N3O2S/c1-18-12-3-2-9(11-7-14(15)17-16-11)6-13(12)19-10-4-5-20-8-10/h2-3,6-7,10H,4-5,8H2,1H3,(H3,15,16,17). The smallest absolute Gasteiger partial charge is 0.162 e. The van der Waals surface area contributed by atoms with Crippen molar-refractivity contribution in [2.24, 2.45) is 0 Å². The van der Waals surface area contributed by atoms with Crippen LogP contribution in [0, 0.1) is 0 Å². The molecule has 2 heterocycles. The van der Waals surface area contributed by atoms with E-state index in [4.69, 9.17) is 15.2 Å². The Morgan fingerprint density at radius 1 is 1.35 bits per heavy atom. The highest BCUT2D eigenvalue weighted by atomic mass is 32.2. The molecule has 20 heavy (non-hydrogen) atoms. The van der Waals surface area contributed by atoms with Gasteiger partial charge in [-0.15, -0.1) is 0 Å². The zero-order valence-corrected chi connectivity index (χ0v) is 12.1. The van der Waals surface area contributed by atoms with Crippen LogP contribution in [0.2, 0.25) is 0 Å². The van der Waals surface area contributed by atoms with Crippen molar-refractivity contribution >= 4 is 17.6 Å². The predicted molar refractivity (Wildman–Crippen MR) is 81.3 cm³/mol. The molecule has 1 atom stereocenters. The van der Waals surface area contributed by atoms with Gasteiger partial charge in [0.2, 0.25) is 0 Å². The molecule has 3 rings (SSSR count). The summed E-state index contributed by atoms with van der Waals surface area (Å²) in [6.07, 6.45) is 1.34. The van der Waals surface area contributed by atoms with E-state index in [2.05, 4.69) is 10.2 Å². The molecule has 1 unspecified atom stereocenters. The number of thioether (sulfide) groups is 1. The second-order valence-electron chi connectivity index (χ2n) is 4.68. The van der Waals surface area contributed by atoms with E-state index in [0.717, 1.165) is 40.7 Å². The molecular formula is C14H17N3O2S. The Bertz CT molecular complexity index is 594. The van der Waals surface area contributed by atoms with Crippen LogP contribution in [0.4, 0.5) is 5.82 Å². The number of methoxy groups -OCH3 is 1. The van der Waals surface area contributed by atoms with Crippen LogP contribution < -0.4 is 15.2 Å². The van der Waals surface area contributed by atoms with Gasteiger partial charge in [0.05, 0.1) is 12.8 Å². The molecule has 2 aromatic rings. The maximum Gasteiger partial charge on any atom is 0.162 e. The van der Waals surface area contributed by atoms with Crippen LogP contribution in [0.3, 0.4) is 0 Å². The second-order valence-corrected chi connectivity index (χ2v) is 5.83. The summed E-state index contributed by atoms with van der Waals surface area (Å²) < 4.78 is 11.4. The van der Waals surface area contributed by atoms with E-state index in [0.29, 0.717) is 5.82 Å². The van der Waals surface area contributed by atoms with E-state index >= 15 is 0 Å². The molecule has 1 aromatic heterocycles. The summed E-state index contributed by atoms with van der Waals surface area (Å²) in [5, 5.41) is 6.85. The number of aromatic nitrogens is 2. The quantitative estimate of drug-likeness (QED) is 0.905. The summed E-state index contributed by atoms with van der Waals surface area (Å²) in [6, 6.07) is 7.64. The number of hydrogen-bond acceptors (Lipinski definition) is 5. The number of nitrogens with one attached hydrogen (secondary N) is 1. The summed E-state index contributed by atoms with van der Waals surface area (Å²) in [5.41, 5.74) is 7.49. The highest BCUT2D eigenvalue weighted by Gasteiger charge is 2.19. The maximum atomic E-state index is 6.05. The number of aromatic amines is 1. The lowest BCUT2D eigenvalue weighted by atomic mass is 10.1. The average Bonchev–Trinajstić information content (AvgIpc) is 3.10. The van der Waals surface area contributed by atoms with Gasteiger partial charge in [-0.2, -0.15) is 16.9 Å². The number of ether oxygens (including phenoxy) is 2. The number of anilines is 1. The Morgan fingerprint density at radius 3 is 2.90 bits per heavy atom. The third kappa shape index (κ3) is 2.70. The van der Waals surface area contributed by atoms with Crippen molar-refractivity contribution in [1.82, 2.24) is 10.2 Å². The number of H-pyrrole nitrogens is 1. The summed E-state index contributed by atoms with van der Waals surface area (Å²) in [5.74, 6) is 4.18. The molecule has 1 aliphatic heterocycles. The lowest BCUT2D eigenvalue weighted by Gasteiger charge is -2.16. The third-order valence-electron chi connectivity index (χ3n) is 3.25. The summed E-state index contributed by atoms with van der Waals surface area (Å²) in [4.78, 5) is 0. The molecule has 0 spiro atoms. The fourth-order valence-electron chi connectivity index (χ4n) is 2.21. The van der Waals surface area contributed by atoms with Crippen molar-refractivity contribution in [2.75, 3.05) is 24.3 Å². The predicted octanol–water partition coefficient (Wildman–Crippen LogP) is 2.55. The van der Waals surface area contributed by atoms with Crippen LogP contribution in [0.25, 0.3) is 11.3 Å². The first-order valence-corrected chi connectivity index (χ1v) is 7.65. The van der Waals surface area contributed by atoms with Gasteiger partial charge in [0.1, 0.15) is 11.9 Å². The van der Waals surface area contributed by atoms with Gasteiger partial charge in [0.25, 0.3) is 0 Å². The Hall–Kier alpha value is -1.82. The van der Waals surface area contributed by atoms with Crippen molar-refractivity contribution in [2.45, 2.75) is 12.5 Å². The molecule has 1 aliphatic rings. The zero-order chi connectivity index (χ0) is 13.9. The normalized spacial score (nSPS) is 18.1. The number of nitrogens with two attached hydrogens (primary N) is 1. The van der Waals surface area contributed by atoms with Gasteiger partial charge < -0.3 is 15.2 Å². The first-order chi connectivity index (χ1) is 9.76. The summed E-state index contributed by atoms with van der Waals surface area (Å²) >= 11 is 1.92. The first-order valence-electron chi connectivity index (χ1n) is 6.50. The largest absolute Gasteiger partial charge is 0.493 e. The molecule has 6 heteroatoms. The highest BCUT2D eigenvalue weighted by Crippen LogP contribution is 2.34. The number of rotatable bonds is 4. The third-order valence-corrected chi connectivity index (χ3v) is 4.39. The molecule has 3 N–H and O–H groups in total. The average molecular weight is 291 g/mol. The van der Waals surface area contributed by atoms with E-state index in [1.54, 1.807) is 13.2 Å². The van der Waals surface area contributed by atoms with Gasteiger partial charge >= 0.3 is 0 Å². The fourth-order valence-corrected chi connectivity index (χ4v) is 3.30. The Kier molecular flexibility index (Phi) is 3.73. The molecule has 0 aliphatic carbocycles. The highest BCUT2D eigenvalue weighted by molar-refractivity contribution is 7.99. The van der Waals surface area contributed by atoms with Crippen molar-refractivity contribution in [3.8, 4) is 22.8 Å². The zero-order valence-electron chi connectivity index (χ0n) is 11.3. The topological polar surface area (TPSA) is 73.2 Å². The van der Waals surface area contributed by atoms with Gasteiger partial charge in [0.15, 0.2) is 11.5 Å². The van der Waals surface area contributed by atoms with E-state index in [1.165, 1.54) is 0 Å². The monoisotopic (exact) mass is 291 g/mol. The van der Waals surface area contributed by atoms with Crippen molar-refractivity contribution < 1.29 is 9.47 Å². The van der Waals surface area contributed by atoms with Gasteiger partial charge in [-0.25, -0.2) is 0 Å². The van der Waals surface area contributed by atoms with Gasteiger partial charge in [-0.3, -0.25) is 5.10 Å². The van der Waals surface area contributed by atoms with Crippen LogP contribution in [0.1, 0.15) is 6.42 Å². The minimum atomic E-state index is 0.260. The maximum absolute atomic E-state index is 6.05. The van der Waals surface area contributed by atoms with Crippen LogP contribution >= 0.6 is 11.8 Å². The van der Waals surface area contributed by atoms with Crippen LogP contribution in [0.5, 0.6) is 11.5 Å². The minimum Gasteiger partial charge on any atom is -0.493 e. The molecule has 0 bridgehead atoms. The lowest BCUT2D eigenvalue weighted by molar-refractivity contribution is 0.218. The molecule has 0 radical (unpaired) electrons. The molecule has 1 aromatic carbocycles. The molecular weight excluding hydrogens is 274 g/mol. The Morgan fingerprint density at radius 2 is 2.25 bits per heavy atom. The Labute approximate surface area is 121 Å². The molecule has 1 saturated heterocycles. The Balaban J connectivity index is 1.89. The van der Waals surface area contributed by atoms with Gasteiger partial charge in [-0.1, -0.05) is 0 Å². The van der Waals surface area contributed by atoms with Gasteiger partial charge in [-0.05, 0) is 30.4 Å². The number of nitrogens with zero attached hydrogens (tertiary/aromatic N) is 1.